The zero-order valence-corrected chi connectivity index (χ0v) is 13.8. The predicted molar refractivity (Wildman–Crippen MR) is 88.1 cm³/mol. The average Bonchev–Trinajstić information content (AvgIpc) is 2.66. The summed E-state index contributed by atoms with van der Waals surface area (Å²) in [7, 11) is 0. The first-order valence-electron chi connectivity index (χ1n) is 8.38. The Balaban J connectivity index is 1.94. The lowest BCUT2D eigenvalue weighted by molar-refractivity contribution is 0.336. The molecule has 0 saturated heterocycles. The summed E-state index contributed by atoms with van der Waals surface area (Å²) >= 11 is 0. The van der Waals surface area contributed by atoms with Crippen LogP contribution in [0.5, 0.6) is 0 Å². The maximum Gasteiger partial charge on any atom is 0.0213 e. The molecule has 112 valence electrons. The van der Waals surface area contributed by atoms with E-state index >= 15 is 0 Å². The minimum absolute atomic E-state index is 0.646. The smallest absolute Gasteiger partial charge is 0.0213 e. The van der Waals surface area contributed by atoms with Gasteiger partial charge in [-0.1, -0.05) is 43.4 Å². The van der Waals surface area contributed by atoms with E-state index in [4.69, 9.17) is 0 Å². The highest BCUT2D eigenvalue weighted by atomic mass is 14.9. The van der Waals surface area contributed by atoms with Gasteiger partial charge in [-0.05, 0) is 63.1 Å². The van der Waals surface area contributed by atoms with Crippen molar-refractivity contribution >= 4 is 0 Å². The first-order chi connectivity index (χ1) is 9.58. The summed E-state index contributed by atoms with van der Waals surface area (Å²) in [6.07, 6.45) is 8.58. The van der Waals surface area contributed by atoms with Gasteiger partial charge in [0.2, 0.25) is 0 Å². The van der Waals surface area contributed by atoms with Crippen molar-refractivity contribution in [3.05, 3.63) is 34.4 Å². The Labute approximate surface area is 125 Å². The monoisotopic (exact) mass is 273 g/mol. The standard InChI is InChI=1S/C19H31N/c1-14-11-15(2)19(16(3)12-14)13-20-17(4)18-9-7-5-6-8-10-18/h11-12,17-18,20H,5-10,13H2,1-4H3/t17-/m0/s1. The summed E-state index contributed by atoms with van der Waals surface area (Å²) in [4.78, 5) is 0. The van der Waals surface area contributed by atoms with Crippen LogP contribution in [0.15, 0.2) is 12.1 Å². The van der Waals surface area contributed by atoms with E-state index in [1.54, 1.807) is 0 Å². The molecular formula is C19H31N. The fraction of sp³-hybridized carbons (Fsp3) is 0.684. The molecule has 0 amide bonds. The van der Waals surface area contributed by atoms with E-state index in [1.807, 2.05) is 0 Å². The Morgan fingerprint density at radius 2 is 1.55 bits per heavy atom. The summed E-state index contributed by atoms with van der Waals surface area (Å²) in [5, 5.41) is 3.80. The molecule has 2 rings (SSSR count). The molecule has 20 heavy (non-hydrogen) atoms. The fourth-order valence-corrected chi connectivity index (χ4v) is 3.73. The van der Waals surface area contributed by atoms with Crippen LogP contribution < -0.4 is 5.32 Å². The maximum atomic E-state index is 3.80. The van der Waals surface area contributed by atoms with Gasteiger partial charge in [0.15, 0.2) is 0 Å². The van der Waals surface area contributed by atoms with E-state index < -0.39 is 0 Å². The van der Waals surface area contributed by atoms with Crippen LogP contribution in [0.25, 0.3) is 0 Å². The van der Waals surface area contributed by atoms with Gasteiger partial charge in [0, 0.05) is 12.6 Å². The molecule has 0 aliphatic heterocycles. The van der Waals surface area contributed by atoms with Crippen LogP contribution in [-0.2, 0) is 6.54 Å². The molecule has 1 aromatic carbocycles. The summed E-state index contributed by atoms with van der Waals surface area (Å²) in [5.74, 6) is 0.878. The Kier molecular flexibility index (Phi) is 5.65. The fourth-order valence-electron chi connectivity index (χ4n) is 3.73. The summed E-state index contributed by atoms with van der Waals surface area (Å²) in [6.45, 7) is 10.1. The third kappa shape index (κ3) is 4.09. The molecule has 0 aromatic heterocycles. The number of hydrogen-bond acceptors (Lipinski definition) is 1. The van der Waals surface area contributed by atoms with Crippen molar-refractivity contribution in [2.24, 2.45) is 5.92 Å². The van der Waals surface area contributed by atoms with Crippen molar-refractivity contribution in [2.45, 2.75) is 78.8 Å². The minimum atomic E-state index is 0.646. The molecule has 1 N–H and O–H groups in total. The minimum Gasteiger partial charge on any atom is -0.310 e. The molecule has 1 fully saturated rings. The second-order valence-corrected chi connectivity index (χ2v) is 6.80. The van der Waals surface area contributed by atoms with Crippen LogP contribution in [0.1, 0.15) is 67.7 Å². The van der Waals surface area contributed by atoms with Crippen LogP contribution in [-0.4, -0.2) is 6.04 Å². The van der Waals surface area contributed by atoms with E-state index in [0.29, 0.717) is 6.04 Å². The van der Waals surface area contributed by atoms with Gasteiger partial charge in [0.1, 0.15) is 0 Å². The van der Waals surface area contributed by atoms with E-state index in [-0.39, 0.29) is 0 Å². The second-order valence-electron chi connectivity index (χ2n) is 6.80. The average molecular weight is 273 g/mol. The Morgan fingerprint density at radius 1 is 1.00 bits per heavy atom. The molecule has 1 heteroatoms. The molecule has 0 spiro atoms. The molecule has 1 aliphatic carbocycles. The highest BCUT2D eigenvalue weighted by Crippen LogP contribution is 2.26. The van der Waals surface area contributed by atoms with Gasteiger partial charge in [-0.2, -0.15) is 0 Å². The van der Waals surface area contributed by atoms with E-state index in [0.717, 1.165) is 12.5 Å². The Bertz CT molecular complexity index is 404. The Hall–Kier alpha value is -0.820. The normalized spacial score (nSPS) is 18.8. The van der Waals surface area contributed by atoms with Crippen LogP contribution >= 0.6 is 0 Å². The van der Waals surface area contributed by atoms with Gasteiger partial charge in [-0.3, -0.25) is 0 Å². The first kappa shape index (κ1) is 15.6. The largest absolute Gasteiger partial charge is 0.310 e. The number of benzene rings is 1. The summed E-state index contributed by atoms with van der Waals surface area (Å²) < 4.78 is 0. The summed E-state index contributed by atoms with van der Waals surface area (Å²) in [5.41, 5.74) is 5.74. The molecule has 1 nitrogen and oxygen atoms in total. The highest BCUT2D eigenvalue weighted by Gasteiger charge is 2.18. The predicted octanol–water partition coefficient (Wildman–Crippen LogP) is 5.06. The summed E-state index contributed by atoms with van der Waals surface area (Å²) in [6, 6.07) is 5.26. The lowest BCUT2D eigenvalue weighted by Crippen LogP contribution is -2.33. The molecule has 0 heterocycles. The van der Waals surface area contributed by atoms with Gasteiger partial charge >= 0.3 is 0 Å². The topological polar surface area (TPSA) is 12.0 Å². The molecule has 1 aliphatic rings. The van der Waals surface area contributed by atoms with Gasteiger partial charge in [-0.15, -0.1) is 0 Å². The number of hydrogen-bond donors (Lipinski definition) is 1. The quantitative estimate of drug-likeness (QED) is 0.756. The SMILES string of the molecule is Cc1cc(C)c(CN[C@@H](C)C2CCCCCC2)c(C)c1. The lowest BCUT2D eigenvalue weighted by Gasteiger charge is -2.24. The van der Waals surface area contributed by atoms with Crippen LogP contribution in [0.3, 0.4) is 0 Å². The van der Waals surface area contributed by atoms with Crippen molar-refractivity contribution < 1.29 is 0 Å². The van der Waals surface area contributed by atoms with Gasteiger partial charge in [0.25, 0.3) is 0 Å². The van der Waals surface area contributed by atoms with Crippen LogP contribution in [0.4, 0.5) is 0 Å². The van der Waals surface area contributed by atoms with Crippen LogP contribution in [0, 0.1) is 26.7 Å². The lowest BCUT2D eigenvalue weighted by atomic mass is 9.92. The van der Waals surface area contributed by atoms with Crippen molar-refractivity contribution in [2.75, 3.05) is 0 Å². The number of nitrogens with one attached hydrogen (secondary N) is 1. The van der Waals surface area contributed by atoms with Crippen molar-refractivity contribution in [1.29, 1.82) is 0 Å². The maximum absolute atomic E-state index is 3.80. The molecule has 1 saturated carbocycles. The van der Waals surface area contributed by atoms with Crippen molar-refractivity contribution in [3.8, 4) is 0 Å². The zero-order valence-electron chi connectivity index (χ0n) is 13.8. The molecule has 0 radical (unpaired) electrons. The molecule has 0 bridgehead atoms. The molecular weight excluding hydrogens is 242 g/mol. The van der Waals surface area contributed by atoms with E-state index in [9.17, 15) is 0 Å². The Morgan fingerprint density at radius 3 is 2.10 bits per heavy atom. The van der Waals surface area contributed by atoms with Gasteiger partial charge in [-0.25, -0.2) is 0 Å². The molecule has 1 aromatic rings. The second kappa shape index (κ2) is 7.26. The van der Waals surface area contributed by atoms with Crippen molar-refractivity contribution in [1.82, 2.24) is 5.32 Å². The van der Waals surface area contributed by atoms with Gasteiger partial charge in [0.05, 0.1) is 0 Å². The zero-order chi connectivity index (χ0) is 14.5. The van der Waals surface area contributed by atoms with Gasteiger partial charge < -0.3 is 5.32 Å². The molecule has 0 unspecified atom stereocenters. The third-order valence-corrected chi connectivity index (χ3v) is 5.05. The van der Waals surface area contributed by atoms with E-state index in [2.05, 4.69) is 45.1 Å². The first-order valence-corrected chi connectivity index (χ1v) is 8.38. The van der Waals surface area contributed by atoms with E-state index in [1.165, 1.54) is 60.8 Å². The van der Waals surface area contributed by atoms with Crippen LogP contribution in [0.2, 0.25) is 0 Å². The number of rotatable bonds is 4. The molecule has 1 atom stereocenters. The third-order valence-electron chi connectivity index (χ3n) is 5.05. The highest BCUT2D eigenvalue weighted by molar-refractivity contribution is 5.37. The number of aryl methyl sites for hydroxylation is 3. The van der Waals surface area contributed by atoms with Crippen molar-refractivity contribution in [3.63, 3.8) is 0 Å².